The number of carboxylic acid groups (broad SMARTS) is 1. The van der Waals surface area contributed by atoms with Gasteiger partial charge >= 0.3 is 5.97 Å². The summed E-state index contributed by atoms with van der Waals surface area (Å²) in [4.78, 5) is 21.4. The molecule has 2 aromatic carbocycles. The van der Waals surface area contributed by atoms with Gasteiger partial charge in [0.15, 0.2) is 5.82 Å². The van der Waals surface area contributed by atoms with Gasteiger partial charge in [-0.05, 0) is 41.3 Å². The molecule has 4 aromatic rings. The number of thiophene rings is 1. The minimum Gasteiger partial charge on any atom is -0.478 e. The van der Waals surface area contributed by atoms with Crippen LogP contribution < -0.4 is 5.32 Å². The van der Waals surface area contributed by atoms with E-state index in [1.807, 2.05) is 17.5 Å². The molecular weight excluding hydrogens is 453 g/mol. The zero-order valence-electron chi connectivity index (χ0n) is 14.6. The molecule has 2 heterocycles. The Morgan fingerprint density at radius 1 is 1.07 bits per heavy atom. The molecule has 0 bridgehead atoms. The number of carboxylic acids is 1. The van der Waals surface area contributed by atoms with Gasteiger partial charge in [-0.25, -0.2) is 14.8 Å². The SMILES string of the molecule is O=C(O)c1c(Cl)cc(NCc2ccc(Cl)c(Cl)c2)cc1-c1ncc2ccsc2n1. The van der Waals surface area contributed by atoms with E-state index in [1.165, 1.54) is 11.3 Å². The van der Waals surface area contributed by atoms with Crippen molar-refractivity contribution in [1.29, 1.82) is 0 Å². The average Bonchev–Trinajstić information content (AvgIpc) is 3.16. The highest BCUT2D eigenvalue weighted by molar-refractivity contribution is 7.16. The Bertz CT molecular complexity index is 1240. The summed E-state index contributed by atoms with van der Waals surface area (Å²) in [6, 6.07) is 10.5. The van der Waals surface area contributed by atoms with Gasteiger partial charge < -0.3 is 10.4 Å². The molecule has 0 fully saturated rings. The summed E-state index contributed by atoms with van der Waals surface area (Å²) in [7, 11) is 0. The van der Waals surface area contributed by atoms with E-state index in [0.29, 0.717) is 33.7 Å². The summed E-state index contributed by atoms with van der Waals surface area (Å²) in [5, 5.41) is 16.7. The van der Waals surface area contributed by atoms with Crippen LogP contribution in [0.25, 0.3) is 21.6 Å². The minimum absolute atomic E-state index is 0.0392. The summed E-state index contributed by atoms with van der Waals surface area (Å²) in [6.07, 6.45) is 1.67. The Morgan fingerprint density at radius 3 is 2.66 bits per heavy atom. The van der Waals surface area contributed by atoms with E-state index in [0.717, 1.165) is 15.8 Å². The van der Waals surface area contributed by atoms with Gasteiger partial charge in [0.05, 0.1) is 20.6 Å². The fourth-order valence-corrected chi connectivity index (χ4v) is 4.20. The van der Waals surface area contributed by atoms with Gasteiger partial charge in [-0.15, -0.1) is 11.3 Å². The maximum absolute atomic E-state index is 11.8. The lowest BCUT2D eigenvalue weighted by molar-refractivity contribution is 0.0698. The van der Waals surface area contributed by atoms with Crippen molar-refractivity contribution in [3.63, 3.8) is 0 Å². The summed E-state index contributed by atoms with van der Waals surface area (Å²) >= 11 is 19.8. The van der Waals surface area contributed by atoms with Crippen LogP contribution in [0.4, 0.5) is 5.69 Å². The summed E-state index contributed by atoms with van der Waals surface area (Å²) < 4.78 is 0. The number of aromatic nitrogens is 2. The first-order chi connectivity index (χ1) is 13.9. The highest BCUT2D eigenvalue weighted by Gasteiger charge is 2.20. The molecule has 0 radical (unpaired) electrons. The molecule has 2 aromatic heterocycles. The maximum Gasteiger partial charge on any atom is 0.337 e. The Morgan fingerprint density at radius 2 is 1.90 bits per heavy atom. The van der Waals surface area contributed by atoms with Crippen LogP contribution in [-0.2, 0) is 6.54 Å². The van der Waals surface area contributed by atoms with E-state index in [1.54, 1.807) is 30.5 Å². The molecule has 0 amide bonds. The first-order valence-corrected chi connectivity index (χ1v) is 10.4. The van der Waals surface area contributed by atoms with E-state index < -0.39 is 5.97 Å². The standard InChI is InChI=1S/C20H12Cl3N3O2S/c21-14-2-1-10(5-15(14)22)8-24-12-6-13(17(20(27)28)16(23)7-12)18-25-9-11-3-4-29-19(11)26-18/h1-7,9,24H,8H2,(H,27,28). The fourth-order valence-electron chi connectivity index (χ4n) is 2.84. The van der Waals surface area contributed by atoms with Crippen molar-refractivity contribution in [3.8, 4) is 11.4 Å². The summed E-state index contributed by atoms with van der Waals surface area (Å²) in [5.74, 6) is -0.839. The number of aromatic carboxylic acids is 1. The largest absolute Gasteiger partial charge is 0.478 e. The number of carbonyl (C=O) groups is 1. The normalized spacial score (nSPS) is 11.0. The minimum atomic E-state index is -1.14. The monoisotopic (exact) mass is 463 g/mol. The number of anilines is 1. The van der Waals surface area contributed by atoms with E-state index >= 15 is 0 Å². The molecule has 0 saturated carbocycles. The van der Waals surface area contributed by atoms with Crippen LogP contribution in [0.5, 0.6) is 0 Å². The molecular formula is C20H12Cl3N3O2S. The molecule has 4 rings (SSSR count). The fraction of sp³-hybridized carbons (Fsp3) is 0.0500. The van der Waals surface area contributed by atoms with Gasteiger partial charge in [0.1, 0.15) is 4.83 Å². The van der Waals surface area contributed by atoms with Gasteiger partial charge in [0, 0.05) is 29.4 Å². The molecule has 0 aliphatic rings. The van der Waals surface area contributed by atoms with Crippen molar-refractivity contribution in [3.05, 3.63) is 74.2 Å². The maximum atomic E-state index is 11.8. The van der Waals surface area contributed by atoms with E-state index in [4.69, 9.17) is 34.8 Å². The second-order valence-electron chi connectivity index (χ2n) is 6.16. The molecule has 29 heavy (non-hydrogen) atoms. The lowest BCUT2D eigenvalue weighted by Gasteiger charge is -2.13. The highest BCUT2D eigenvalue weighted by atomic mass is 35.5. The van der Waals surface area contributed by atoms with Crippen molar-refractivity contribution in [2.45, 2.75) is 6.54 Å². The molecule has 0 saturated heterocycles. The average molecular weight is 465 g/mol. The van der Waals surface area contributed by atoms with Crippen LogP contribution in [0.15, 0.2) is 48.0 Å². The number of hydrogen-bond acceptors (Lipinski definition) is 5. The van der Waals surface area contributed by atoms with E-state index in [9.17, 15) is 9.90 Å². The first-order valence-electron chi connectivity index (χ1n) is 8.37. The first kappa shape index (κ1) is 19.9. The van der Waals surface area contributed by atoms with Crippen molar-refractivity contribution >= 4 is 68.0 Å². The molecule has 146 valence electrons. The van der Waals surface area contributed by atoms with E-state index in [-0.39, 0.29) is 10.6 Å². The second kappa shape index (κ2) is 8.16. The molecule has 0 aliphatic heterocycles. The molecule has 9 heteroatoms. The molecule has 0 unspecified atom stereocenters. The number of rotatable bonds is 5. The van der Waals surface area contributed by atoms with Gasteiger partial charge in [-0.2, -0.15) is 0 Å². The summed E-state index contributed by atoms with van der Waals surface area (Å²) in [5.41, 5.74) is 1.85. The Kier molecular flexibility index (Phi) is 5.61. The quantitative estimate of drug-likeness (QED) is 0.347. The van der Waals surface area contributed by atoms with Crippen molar-refractivity contribution in [2.75, 3.05) is 5.32 Å². The number of halogens is 3. The lowest BCUT2D eigenvalue weighted by Crippen LogP contribution is -2.06. The zero-order chi connectivity index (χ0) is 20.5. The zero-order valence-corrected chi connectivity index (χ0v) is 17.7. The van der Waals surface area contributed by atoms with Crippen LogP contribution in [0.3, 0.4) is 0 Å². The summed E-state index contributed by atoms with van der Waals surface area (Å²) in [6.45, 7) is 0.448. The van der Waals surface area contributed by atoms with Crippen LogP contribution in [0.2, 0.25) is 15.1 Å². The molecule has 0 atom stereocenters. The number of nitrogens with zero attached hydrogens (tertiary/aromatic N) is 2. The second-order valence-corrected chi connectivity index (χ2v) is 8.28. The number of hydrogen-bond donors (Lipinski definition) is 2. The molecule has 0 spiro atoms. The van der Waals surface area contributed by atoms with Gasteiger partial charge in [-0.1, -0.05) is 40.9 Å². The number of fused-ring (bicyclic) bond motifs is 1. The predicted molar refractivity (Wildman–Crippen MR) is 119 cm³/mol. The third-order valence-corrected chi connectivity index (χ3v) is 6.09. The van der Waals surface area contributed by atoms with Gasteiger partial charge in [0.2, 0.25) is 0 Å². The third kappa shape index (κ3) is 4.16. The predicted octanol–water partition coefficient (Wildman–Crippen LogP) is 6.63. The number of benzene rings is 2. The van der Waals surface area contributed by atoms with Crippen molar-refractivity contribution < 1.29 is 9.90 Å². The van der Waals surface area contributed by atoms with Crippen molar-refractivity contribution in [2.24, 2.45) is 0 Å². The van der Waals surface area contributed by atoms with Crippen LogP contribution >= 0.6 is 46.1 Å². The topological polar surface area (TPSA) is 75.1 Å². The Hall–Kier alpha value is -2.38. The Balaban J connectivity index is 1.72. The lowest BCUT2D eigenvalue weighted by atomic mass is 10.1. The van der Waals surface area contributed by atoms with Crippen molar-refractivity contribution in [1.82, 2.24) is 9.97 Å². The van der Waals surface area contributed by atoms with Gasteiger partial charge in [-0.3, -0.25) is 0 Å². The molecule has 2 N–H and O–H groups in total. The molecule has 5 nitrogen and oxygen atoms in total. The third-order valence-electron chi connectivity index (χ3n) is 4.23. The Labute approximate surface area is 184 Å². The van der Waals surface area contributed by atoms with Crippen LogP contribution in [0.1, 0.15) is 15.9 Å². The van der Waals surface area contributed by atoms with E-state index in [2.05, 4.69) is 15.3 Å². The molecule has 0 aliphatic carbocycles. The van der Waals surface area contributed by atoms with Crippen LogP contribution in [-0.4, -0.2) is 21.0 Å². The number of nitrogens with one attached hydrogen (secondary N) is 1. The highest BCUT2D eigenvalue weighted by Crippen LogP contribution is 2.33. The smallest absolute Gasteiger partial charge is 0.337 e. The van der Waals surface area contributed by atoms with Crippen LogP contribution in [0, 0.1) is 0 Å². The van der Waals surface area contributed by atoms with Gasteiger partial charge in [0.25, 0.3) is 0 Å².